The fourth-order valence-corrected chi connectivity index (χ4v) is 4.57. The molecule has 2 N–H and O–H groups in total. The van der Waals surface area contributed by atoms with E-state index in [0.29, 0.717) is 18.7 Å². The summed E-state index contributed by atoms with van der Waals surface area (Å²) in [5, 5.41) is 5.53. The molecule has 0 aromatic heterocycles. The van der Waals surface area contributed by atoms with Crippen LogP contribution in [0.3, 0.4) is 0 Å². The van der Waals surface area contributed by atoms with Crippen LogP contribution in [0.1, 0.15) is 62.7 Å². The molecular weight excluding hydrogens is 378 g/mol. The summed E-state index contributed by atoms with van der Waals surface area (Å²) in [5.74, 6) is -0.427. The van der Waals surface area contributed by atoms with Crippen molar-refractivity contribution in [2.24, 2.45) is 0 Å². The van der Waals surface area contributed by atoms with Crippen molar-refractivity contribution in [1.29, 1.82) is 0 Å². The van der Waals surface area contributed by atoms with Gasteiger partial charge in [-0.25, -0.2) is 8.42 Å². The summed E-state index contributed by atoms with van der Waals surface area (Å²) in [6.45, 7) is 5.24. The summed E-state index contributed by atoms with van der Waals surface area (Å²) >= 11 is 0. The van der Waals surface area contributed by atoms with E-state index in [1.54, 1.807) is 0 Å². The average Bonchev–Trinajstić information content (AvgIpc) is 2.98. The number of hydrogen-bond donors (Lipinski definition) is 2. The third kappa shape index (κ3) is 6.31. The number of nitrogens with one attached hydrogen (secondary N) is 2. The minimum atomic E-state index is -3.52. The number of carbonyl (C=O) groups is 2. The average molecular weight is 410 g/mol. The highest BCUT2D eigenvalue weighted by Gasteiger charge is 2.25. The van der Waals surface area contributed by atoms with Crippen LogP contribution in [0.25, 0.3) is 0 Å². The monoisotopic (exact) mass is 409 g/mol. The summed E-state index contributed by atoms with van der Waals surface area (Å²) in [5.41, 5.74) is 0.372. The molecule has 1 fully saturated rings. The molecule has 0 radical (unpaired) electrons. The molecule has 0 bridgehead atoms. The molecular formula is C20H31N3O4S. The Kier molecular flexibility index (Phi) is 8.44. The van der Waals surface area contributed by atoms with Crippen LogP contribution in [0, 0.1) is 0 Å². The normalized spacial score (nSPS) is 16.8. The van der Waals surface area contributed by atoms with Crippen molar-refractivity contribution < 1.29 is 18.0 Å². The second-order valence-corrected chi connectivity index (χ2v) is 9.16. The maximum Gasteiger partial charge on any atom is 0.251 e. The third-order valence-corrected chi connectivity index (χ3v) is 6.89. The van der Waals surface area contributed by atoms with Crippen molar-refractivity contribution in [3.8, 4) is 0 Å². The fraction of sp³-hybridized carbons (Fsp3) is 0.600. The van der Waals surface area contributed by atoms with E-state index in [0.717, 1.165) is 32.1 Å². The smallest absolute Gasteiger partial charge is 0.251 e. The Morgan fingerprint density at radius 2 is 1.68 bits per heavy atom. The number of rotatable bonds is 8. The molecule has 1 atom stereocenters. The van der Waals surface area contributed by atoms with Gasteiger partial charge in [0.1, 0.15) is 0 Å². The first kappa shape index (κ1) is 22.4. The lowest BCUT2D eigenvalue weighted by molar-refractivity contribution is -0.121. The zero-order chi connectivity index (χ0) is 20.6. The van der Waals surface area contributed by atoms with E-state index >= 15 is 0 Å². The van der Waals surface area contributed by atoms with Gasteiger partial charge in [0.25, 0.3) is 5.91 Å². The minimum Gasteiger partial charge on any atom is -0.354 e. The van der Waals surface area contributed by atoms with Crippen molar-refractivity contribution in [2.45, 2.75) is 63.3 Å². The molecule has 1 aromatic rings. The van der Waals surface area contributed by atoms with E-state index in [9.17, 15) is 18.0 Å². The Bertz CT molecular complexity index is 754. The van der Waals surface area contributed by atoms with Crippen LogP contribution in [0.4, 0.5) is 0 Å². The zero-order valence-electron chi connectivity index (χ0n) is 16.7. The molecule has 1 unspecified atom stereocenters. The van der Waals surface area contributed by atoms with Crippen molar-refractivity contribution in [1.82, 2.24) is 14.9 Å². The number of benzene rings is 1. The van der Waals surface area contributed by atoms with Crippen LogP contribution in [0.2, 0.25) is 0 Å². The molecule has 1 saturated heterocycles. The lowest BCUT2D eigenvalue weighted by Crippen LogP contribution is -2.35. The molecule has 8 heteroatoms. The molecule has 0 saturated carbocycles. The Morgan fingerprint density at radius 3 is 2.25 bits per heavy atom. The van der Waals surface area contributed by atoms with E-state index in [-0.39, 0.29) is 35.7 Å². The lowest BCUT2D eigenvalue weighted by atomic mass is 10.2. The summed E-state index contributed by atoms with van der Waals surface area (Å²) < 4.78 is 27.1. The molecule has 0 aliphatic carbocycles. The molecule has 0 spiro atoms. The quantitative estimate of drug-likeness (QED) is 0.689. The van der Waals surface area contributed by atoms with E-state index in [1.807, 2.05) is 13.8 Å². The van der Waals surface area contributed by atoms with Gasteiger partial charge in [0, 0.05) is 37.7 Å². The van der Waals surface area contributed by atoms with Gasteiger partial charge < -0.3 is 10.6 Å². The van der Waals surface area contributed by atoms with Crippen LogP contribution in [-0.4, -0.2) is 50.2 Å². The summed E-state index contributed by atoms with van der Waals surface area (Å²) in [6, 6.07) is 6.09. The first-order valence-corrected chi connectivity index (χ1v) is 11.5. The van der Waals surface area contributed by atoms with Gasteiger partial charge in [-0.05, 0) is 50.5 Å². The largest absolute Gasteiger partial charge is 0.354 e. The maximum absolute atomic E-state index is 12.8. The topological polar surface area (TPSA) is 95.6 Å². The van der Waals surface area contributed by atoms with Gasteiger partial charge in [-0.15, -0.1) is 0 Å². The molecule has 156 valence electrons. The minimum absolute atomic E-state index is 0.103. The standard InChI is InChI=1S/C20H31N3O4S/c1-3-16(2)22-19(24)12-13-21-20(25)17-8-10-18(11-9-17)28(26,27)23-14-6-4-5-7-15-23/h8-11,16H,3-7,12-15H2,1-2H3,(H,21,25)(H,22,24). The predicted octanol–water partition coefficient (Wildman–Crippen LogP) is 2.29. The molecule has 7 nitrogen and oxygen atoms in total. The van der Waals surface area contributed by atoms with Crippen molar-refractivity contribution in [3.05, 3.63) is 29.8 Å². The lowest BCUT2D eigenvalue weighted by Gasteiger charge is -2.20. The molecule has 28 heavy (non-hydrogen) atoms. The highest BCUT2D eigenvalue weighted by atomic mass is 32.2. The first-order chi connectivity index (χ1) is 13.3. The second kappa shape index (κ2) is 10.6. The van der Waals surface area contributed by atoms with Gasteiger partial charge in [0.05, 0.1) is 4.90 Å². The van der Waals surface area contributed by atoms with Crippen LogP contribution in [0.5, 0.6) is 0 Å². The van der Waals surface area contributed by atoms with E-state index in [4.69, 9.17) is 0 Å². The predicted molar refractivity (Wildman–Crippen MR) is 109 cm³/mol. The van der Waals surface area contributed by atoms with Gasteiger partial charge in [-0.2, -0.15) is 4.31 Å². The Balaban J connectivity index is 1.90. The zero-order valence-corrected chi connectivity index (χ0v) is 17.6. The number of amides is 2. The highest BCUT2D eigenvalue weighted by Crippen LogP contribution is 2.20. The summed E-state index contributed by atoms with van der Waals surface area (Å²) in [7, 11) is -3.52. The van der Waals surface area contributed by atoms with Crippen LogP contribution in [-0.2, 0) is 14.8 Å². The molecule has 1 aliphatic rings. The second-order valence-electron chi connectivity index (χ2n) is 7.23. The number of carbonyl (C=O) groups excluding carboxylic acids is 2. The van der Waals surface area contributed by atoms with Gasteiger partial charge in [-0.1, -0.05) is 19.8 Å². The molecule has 2 rings (SSSR count). The molecule has 2 amide bonds. The van der Waals surface area contributed by atoms with Crippen LogP contribution in [0.15, 0.2) is 29.2 Å². The molecule has 1 aromatic carbocycles. The number of nitrogens with zero attached hydrogens (tertiary/aromatic N) is 1. The summed E-state index contributed by atoms with van der Waals surface area (Å²) in [4.78, 5) is 24.1. The van der Waals surface area contributed by atoms with Gasteiger partial charge in [0.2, 0.25) is 15.9 Å². The van der Waals surface area contributed by atoms with Gasteiger partial charge >= 0.3 is 0 Å². The Morgan fingerprint density at radius 1 is 1.07 bits per heavy atom. The number of hydrogen-bond acceptors (Lipinski definition) is 4. The molecule has 1 aliphatic heterocycles. The number of sulfonamides is 1. The summed E-state index contributed by atoms with van der Waals surface area (Å²) in [6.07, 6.45) is 4.93. The highest BCUT2D eigenvalue weighted by molar-refractivity contribution is 7.89. The SMILES string of the molecule is CCC(C)NC(=O)CCNC(=O)c1ccc(S(=O)(=O)N2CCCCCC2)cc1. The fourth-order valence-electron chi connectivity index (χ4n) is 3.05. The van der Waals surface area contributed by atoms with E-state index in [2.05, 4.69) is 10.6 Å². The Hall–Kier alpha value is -1.93. The van der Waals surface area contributed by atoms with Crippen LogP contribution < -0.4 is 10.6 Å². The van der Waals surface area contributed by atoms with E-state index < -0.39 is 10.0 Å². The molecule has 1 heterocycles. The van der Waals surface area contributed by atoms with Gasteiger partial charge in [0.15, 0.2) is 0 Å². The van der Waals surface area contributed by atoms with E-state index in [1.165, 1.54) is 28.6 Å². The van der Waals surface area contributed by atoms with Gasteiger partial charge in [-0.3, -0.25) is 9.59 Å². The van der Waals surface area contributed by atoms with Crippen molar-refractivity contribution in [3.63, 3.8) is 0 Å². The van der Waals surface area contributed by atoms with Crippen molar-refractivity contribution in [2.75, 3.05) is 19.6 Å². The Labute approximate surface area is 167 Å². The van der Waals surface area contributed by atoms with Crippen molar-refractivity contribution >= 4 is 21.8 Å². The third-order valence-electron chi connectivity index (χ3n) is 4.98. The van der Waals surface area contributed by atoms with Crippen LogP contribution >= 0.6 is 0 Å². The first-order valence-electron chi connectivity index (χ1n) is 10.0. The maximum atomic E-state index is 12.8.